The Morgan fingerprint density at radius 2 is 1.83 bits per heavy atom. The van der Waals surface area contributed by atoms with E-state index < -0.39 is 15.0 Å². The molecule has 0 heterocycles. The van der Waals surface area contributed by atoms with Crippen LogP contribution in [0.3, 0.4) is 0 Å². The van der Waals surface area contributed by atoms with Crippen molar-refractivity contribution in [2.45, 2.75) is 19.1 Å². The van der Waals surface area contributed by atoms with Crippen LogP contribution in [0.4, 0.5) is 5.69 Å². The van der Waals surface area contributed by atoms with Crippen LogP contribution in [0.15, 0.2) is 42.5 Å². The van der Waals surface area contributed by atoms with E-state index in [1.54, 1.807) is 12.1 Å². The Balaban J connectivity index is 2.14. The molecule has 0 saturated carbocycles. The molecule has 8 heteroatoms. The summed E-state index contributed by atoms with van der Waals surface area (Å²) >= 11 is 5.98. The maximum Gasteiger partial charge on any atom is 0.313 e. The highest BCUT2D eigenvalue weighted by Gasteiger charge is 2.16. The fourth-order valence-electron chi connectivity index (χ4n) is 1.97. The number of hydrogen-bond acceptors (Lipinski definition) is 5. The summed E-state index contributed by atoms with van der Waals surface area (Å²) in [6.45, 7) is 1.90. The van der Waals surface area contributed by atoms with Gasteiger partial charge in [0.25, 0.3) is 5.69 Å². The zero-order valence-electron chi connectivity index (χ0n) is 12.2. The molecule has 2 aromatic rings. The number of rotatable bonds is 6. The van der Waals surface area contributed by atoms with Gasteiger partial charge in [-0.3, -0.25) is 10.1 Å². The Labute approximate surface area is 138 Å². The first kappa shape index (κ1) is 17.2. The van der Waals surface area contributed by atoms with E-state index >= 15 is 0 Å². The number of non-ortho nitro benzene ring substituents is 1. The van der Waals surface area contributed by atoms with Gasteiger partial charge in [-0.15, -0.1) is 0 Å². The number of nitro benzene ring substituents is 1. The van der Waals surface area contributed by atoms with Gasteiger partial charge < -0.3 is 4.18 Å². The van der Waals surface area contributed by atoms with Crippen molar-refractivity contribution in [3.63, 3.8) is 0 Å². The van der Waals surface area contributed by atoms with Crippen LogP contribution >= 0.6 is 11.6 Å². The Hall–Kier alpha value is -2.12. The minimum Gasteiger partial charge on any atom is -0.382 e. The number of hydrogen-bond donors (Lipinski definition) is 0. The molecule has 2 rings (SSSR count). The maximum atomic E-state index is 12.1. The number of benzene rings is 2. The lowest BCUT2D eigenvalue weighted by atomic mass is 10.2. The molecule has 0 aromatic heterocycles. The fraction of sp³-hybridized carbons (Fsp3) is 0.200. The van der Waals surface area contributed by atoms with Gasteiger partial charge >= 0.3 is 10.1 Å². The van der Waals surface area contributed by atoms with E-state index in [-0.39, 0.29) is 17.2 Å². The first-order chi connectivity index (χ1) is 10.8. The van der Waals surface area contributed by atoms with Gasteiger partial charge in [-0.25, -0.2) is 0 Å². The van der Waals surface area contributed by atoms with E-state index in [9.17, 15) is 18.5 Å². The van der Waals surface area contributed by atoms with Crippen molar-refractivity contribution in [3.8, 4) is 5.75 Å². The lowest BCUT2D eigenvalue weighted by Crippen LogP contribution is -2.12. The molecule has 122 valence electrons. The second-order valence-corrected chi connectivity index (χ2v) is 6.79. The van der Waals surface area contributed by atoms with Crippen LogP contribution in [0.1, 0.15) is 18.1 Å². The normalized spacial score (nSPS) is 11.2. The van der Waals surface area contributed by atoms with E-state index in [0.717, 1.165) is 5.56 Å². The van der Waals surface area contributed by atoms with Crippen molar-refractivity contribution in [3.05, 3.63) is 68.7 Å². The zero-order valence-corrected chi connectivity index (χ0v) is 13.8. The van der Waals surface area contributed by atoms with Gasteiger partial charge in [-0.1, -0.05) is 30.7 Å². The second kappa shape index (κ2) is 6.97. The molecule has 0 amide bonds. The average molecular weight is 356 g/mol. The van der Waals surface area contributed by atoms with Gasteiger partial charge in [0.05, 0.1) is 4.92 Å². The van der Waals surface area contributed by atoms with Crippen LogP contribution in [-0.2, 0) is 22.3 Å². The molecular weight excluding hydrogens is 342 g/mol. The van der Waals surface area contributed by atoms with E-state index in [4.69, 9.17) is 15.8 Å². The molecule has 0 bridgehead atoms. The molecule has 2 aromatic carbocycles. The van der Waals surface area contributed by atoms with Gasteiger partial charge in [0.2, 0.25) is 0 Å². The summed E-state index contributed by atoms with van der Waals surface area (Å²) < 4.78 is 29.2. The molecule has 0 N–H and O–H groups in total. The van der Waals surface area contributed by atoms with Crippen molar-refractivity contribution >= 4 is 27.4 Å². The molecule has 23 heavy (non-hydrogen) atoms. The highest BCUT2D eigenvalue weighted by atomic mass is 35.5. The van der Waals surface area contributed by atoms with Gasteiger partial charge in [0.15, 0.2) is 0 Å². The molecule has 0 aliphatic carbocycles. The zero-order chi connectivity index (χ0) is 17.0. The second-order valence-electron chi connectivity index (χ2n) is 4.82. The van der Waals surface area contributed by atoms with Gasteiger partial charge in [-0.05, 0) is 35.7 Å². The van der Waals surface area contributed by atoms with Crippen molar-refractivity contribution < 1.29 is 17.5 Å². The summed E-state index contributed by atoms with van der Waals surface area (Å²) in [5.74, 6) is -0.192. The smallest absolute Gasteiger partial charge is 0.313 e. The summed E-state index contributed by atoms with van der Waals surface area (Å²) in [5.41, 5.74) is 1.09. The van der Waals surface area contributed by atoms with Gasteiger partial charge in [0.1, 0.15) is 11.5 Å². The quantitative estimate of drug-likeness (QED) is 0.447. The van der Waals surface area contributed by atoms with E-state index in [2.05, 4.69) is 0 Å². The molecule has 0 saturated heterocycles. The third-order valence-electron chi connectivity index (χ3n) is 3.11. The molecule has 0 fully saturated rings. The highest BCUT2D eigenvalue weighted by Crippen LogP contribution is 2.24. The summed E-state index contributed by atoms with van der Waals surface area (Å²) in [4.78, 5) is 10.0. The van der Waals surface area contributed by atoms with Crippen LogP contribution in [0.5, 0.6) is 5.75 Å². The van der Waals surface area contributed by atoms with Crippen molar-refractivity contribution in [2.24, 2.45) is 0 Å². The Morgan fingerprint density at radius 1 is 1.17 bits per heavy atom. The fourth-order valence-corrected chi connectivity index (χ4v) is 3.28. The Kier molecular flexibility index (Phi) is 5.23. The molecule has 0 aliphatic heterocycles. The monoisotopic (exact) mass is 355 g/mol. The van der Waals surface area contributed by atoms with E-state index in [1.807, 2.05) is 6.92 Å². The van der Waals surface area contributed by atoms with Gasteiger partial charge in [-0.2, -0.15) is 8.42 Å². The standard InChI is InChI=1S/C15H14ClNO5S/c1-2-12-9-14(7-8-15(12)16)22-23(20,21)10-11-3-5-13(6-4-11)17(18)19/h3-9H,2,10H2,1H3. The van der Waals surface area contributed by atoms with Gasteiger partial charge in [0, 0.05) is 17.2 Å². The van der Waals surface area contributed by atoms with Crippen LogP contribution in [0.2, 0.25) is 5.02 Å². The lowest BCUT2D eigenvalue weighted by molar-refractivity contribution is -0.384. The first-order valence-electron chi connectivity index (χ1n) is 6.74. The average Bonchev–Trinajstić information content (AvgIpc) is 2.49. The molecular formula is C15H14ClNO5S. The predicted octanol–water partition coefficient (Wildman–Crippen LogP) is 3.72. The molecule has 0 aliphatic rings. The first-order valence-corrected chi connectivity index (χ1v) is 8.70. The number of halogens is 1. The van der Waals surface area contributed by atoms with Crippen molar-refractivity contribution in [1.29, 1.82) is 0 Å². The van der Waals surface area contributed by atoms with Crippen molar-refractivity contribution in [1.82, 2.24) is 0 Å². The molecule has 0 unspecified atom stereocenters. The summed E-state index contributed by atoms with van der Waals surface area (Å²) in [5, 5.41) is 11.1. The maximum absolute atomic E-state index is 12.1. The third-order valence-corrected chi connectivity index (χ3v) is 4.61. The molecule has 0 spiro atoms. The van der Waals surface area contributed by atoms with Crippen molar-refractivity contribution in [2.75, 3.05) is 0 Å². The predicted molar refractivity (Wildman–Crippen MR) is 87.2 cm³/mol. The third kappa shape index (κ3) is 4.67. The Morgan fingerprint density at radius 3 is 2.39 bits per heavy atom. The van der Waals surface area contributed by atoms with E-state index in [0.29, 0.717) is 17.0 Å². The molecule has 6 nitrogen and oxygen atoms in total. The van der Waals surface area contributed by atoms with E-state index in [1.165, 1.54) is 30.3 Å². The minimum atomic E-state index is -3.87. The number of nitro groups is 1. The molecule has 0 atom stereocenters. The van der Waals surface area contributed by atoms with Crippen LogP contribution in [-0.4, -0.2) is 13.3 Å². The van der Waals surface area contributed by atoms with Crippen LogP contribution < -0.4 is 4.18 Å². The summed E-state index contributed by atoms with van der Waals surface area (Å²) in [6, 6.07) is 9.92. The molecule has 0 radical (unpaired) electrons. The van der Waals surface area contributed by atoms with Crippen LogP contribution in [0, 0.1) is 10.1 Å². The largest absolute Gasteiger partial charge is 0.382 e. The topological polar surface area (TPSA) is 86.5 Å². The summed E-state index contributed by atoms with van der Waals surface area (Å²) in [6.07, 6.45) is 0.651. The SMILES string of the molecule is CCc1cc(OS(=O)(=O)Cc2ccc([N+](=O)[O-])cc2)ccc1Cl. The minimum absolute atomic E-state index is 0.0997. The number of nitrogens with zero attached hydrogens (tertiary/aromatic N) is 1. The highest BCUT2D eigenvalue weighted by molar-refractivity contribution is 7.86. The number of aryl methyl sites for hydroxylation is 1. The summed E-state index contributed by atoms with van der Waals surface area (Å²) in [7, 11) is -3.87. The Bertz CT molecular complexity index is 818. The lowest BCUT2D eigenvalue weighted by Gasteiger charge is -2.09. The van der Waals surface area contributed by atoms with Crippen LogP contribution in [0.25, 0.3) is 0 Å².